The molecule has 29 heavy (non-hydrogen) atoms. The number of hydrogen-bond acceptors (Lipinski definition) is 7. The summed E-state index contributed by atoms with van der Waals surface area (Å²) < 4.78 is 12.5. The van der Waals surface area contributed by atoms with Crippen LogP contribution in [0.15, 0.2) is 12.1 Å². The van der Waals surface area contributed by atoms with E-state index in [4.69, 9.17) is 14.5 Å². The first-order valence-corrected chi connectivity index (χ1v) is 9.79. The molecule has 2 aromatic heterocycles. The number of carbonyl (C=O) groups is 1. The van der Waals surface area contributed by atoms with E-state index >= 15 is 0 Å². The molecule has 0 spiro atoms. The van der Waals surface area contributed by atoms with E-state index in [1.54, 1.807) is 7.11 Å². The van der Waals surface area contributed by atoms with Gasteiger partial charge in [0, 0.05) is 19.2 Å². The van der Waals surface area contributed by atoms with E-state index in [9.17, 15) is 4.79 Å². The number of benzene rings is 1. The molecule has 0 aliphatic carbocycles. The van der Waals surface area contributed by atoms with Gasteiger partial charge in [-0.05, 0) is 52.2 Å². The first-order valence-electron chi connectivity index (χ1n) is 9.79. The Balaban J connectivity index is 1.69. The number of rotatable bonds is 8. The number of aryl methyl sites for hydroxylation is 2. The quantitative estimate of drug-likeness (QED) is 0.560. The minimum absolute atomic E-state index is 0.117. The maximum absolute atomic E-state index is 11.5. The lowest BCUT2D eigenvalue weighted by Crippen LogP contribution is -2.27. The largest absolute Gasteiger partial charge is 0.496 e. The molecular weight excluding hydrogens is 372 g/mol. The second-order valence-electron chi connectivity index (χ2n) is 7.19. The Hall–Kier alpha value is -3.10. The highest BCUT2D eigenvalue weighted by Crippen LogP contribution is 2.28. The standard InChI is InChI=1S/C20H28N6O3/c1-12(2)29-20(27)22-9-7-6-8-21-18-19-25-24-14(4)26(19)16-11-17(28-5)13(3)10-15(16)23-18/h10-12H,6-9H2,1-5H3,(H,21,23)(H,22,27). The second kappa shape index (κ2) is 8.93. The molecule has 0 saturated carbocycles. The summed E-state index contributed by atoms with van der Waals surface area (Å²) in [6.45, 7) is 8.83. The Kier molecular flexibility index (Phi) is 6.36. The van der Waals surface area contributed by atoms with Crippen LogP contribution in [0.3, 0.4) is 0 Å². The van der Waals surface area contributed by atoms with Gasteiger partial charge in [0.05, 0.1) is 24.2 Å². The lowest BCUT2D eigenvalue weighted by molar-refractivity contribution is 0.115. The van der Waals surface area contributed by atoms with E-state index in [0.29, 0.717) is 24.6 Å². The molecule has 9 heteroatoms. The first-order chi connectivity index (χ1) is 13.9. The number of carbonyl (C=O) groups excluding carboxylic acids is 1. The number of nitrogens with one attached hydrogen (secondary N) is 2. The molecule has 0 radical (unpaired) electrons. The summed E-state index contributed by atoms with van der Waals surface area (Å²) in [6.07, 6.45) is 1.19. The van der Waals surface area contributed by atoms with Crippen LogP contribution in [-0.2, 0) is 4.74 Å². The summed E-state index contributed by atoms with van der Waals surface area (Å²) in [7, 11) is 1.66. The minimum atomic E-state index is -0.379. The molecule has 156 valence electrons. The number of unbranched alkanes of at least 4 members (excludes halogenated alkanes) is 1. The molecule has 9 nitrogen and oxygen atoms in total. The van der Waals surface area contributed by atoms with Gasteiger partial charge >= 0.3 is 6.09 Å². The molecule has 3 aromatic rings. The first kappa shape index (κ1) is 20.6. The molecule has 1 aromatic carbocycles. The summed E-state index contributed by atoms with van der Waals surface area (Å²) in [5, 5.41) is 14.6. The Morgan fingerprint density at radius 2 is 1.93 bits per heavy atom. The molecular formula is C20H28N6O3. The molecule has 0 aliphatic heterocycles. The lowest BCUT2D eigenvalue weighted by Gasteiger charge is -2.12. The molecule has 2 N–H and O–H groups in total. The van der Waals surface area contributed by atoms with Crippen LogP contribution in [-0.4, -0.2) is 52.0 Å². The zero-order valence-corrected chi connectivity index (χ0v) is 17.6. The van der Waals surface area contributed by atoms with Gasteiger partial charge in [-0.3, -0.25) is 4.40 Å². The van der Waals surface area contributed by atoms with Gasteiger partial charge in [-0.15, -0.1) is 10.2 Å². The SMILES string of the molecule is COc1cc2c(cc1C)nc(NCCCCNC(=O)OC(C)C)c1nnc(C)n12. The van der Waals surface area contributed by atoms with E-state index in [-0.39, 0.29) is 12.2 Å². The maximum atomic E-state index is 11.5. The molecule has 1 amide bonds. The number of anilines is 1. The van der Waals surface area contributed by atoms with Gasteiger partial charge in [-0.25, -0.2) is 9.78 Å². The van der Waals surface area contributed by atoms with Gasteiger partial charge in [0.1, 0.15) is 11.6 Å². The average molecular weight is 400 g/mol. The normalized spacial score (nSPS) is 11.2. The Bertz CT molecular complexity index is 1010. The van der Waals surface area contributed by atoms with Crippen molar-refractivity contribution in [1.82, 2.24) is 24.9 Å². The maximum Gasteiger partial charge on any atom is 0.407 e. The van der Waals surface area contributed by atoms with Crippen LogP contribution in [0.5, 0.6) is 5.75 Å². The highest BCUT2D eigenvalue weighted by molar-refractivity contribution is 5.85. The second-order valence-corrected chi connectivity index (χ2v) is 7.19. The van der Waals surface area contributed by atoms with Crippen molar-refractivity contribution in [3.05, 3.63) is 23.5 Å². The van der Waals surface area contributed by atoms with Crippen molar-refractivity contribution in [2.45, 2.75) is 46.6 Å². The van der Waals surface area contributed by atoms with Gasteiger partial charge in [0.2, 0.25) is 5.65 Å². The van der Waals surface area contributed by atoms with Crippen molar-refractivity contribution in [2.24, 2.45) is 0 Å². The van der Waals surface area contributed by atoms with E-state index in [1.807, 2.05) is 44.2 Å². The number of ether oxygens (including phenoxy) is 2. The van der Waals surface area contributed by atoms with Crippen LogP contribution in [0.25, 0.3) is 16.7 Å². The molecule has 0 fully saturated rings. The van der Waals surface area contributed by atoms with Gasteiger partial charge in [0.25, 0.3) is 0 Å². The van der Waals surface area contributed by atoms with Crippen LogP contribution >= 0.6 is 0 Å². The molecule has 2 heterocycles. The van der Waals surface area contributed by atoms with E-state index in [0.717, 1.165) is 41.0 Å². The number of fused-ring (bicyclic) bond motifs is 3. The van der Waals surface area contributed by atoms with Crippen LogP contribution in [0, 0.1) is 13.8 Å². The predicted octanol–water partition coefficient (Wildman–Crippen LogP) is 3.23. The van der Waals surface area contributed by atoms with Crippen molar-refractivity contribution in [1.29, 1.82) is 0 Å². The van der Waals surface area contributed by atoms with Crippen molar-refractivity contribution < 1.29 is 14.3 Å². The fourth-order valence-corrected chi connectivity index (χ4v) is 3.15. The van der Waals surface area contributed by atoms with Gasteiger partial charge in [0.15, 0.2) is 5.82 Å². The van der Waals surface area contributed by atoms with Crippen molar-refractivity contribution in [3.63, 3.8) is 0 Å². The summed E-state index contributed by atoms with van der Waals surface area (Å²) in [5.41, 5.74) is 3.45. The third kappa shape index (κ3) is 4.67. The smallest absolute Gasteiger partial charge is 0.407 e. The fourth-order valence-electron chi connectivity index (χ4n) is 3.15. The summed E-state index contributed by atoms with van der Waals surface area (Å²) in [4.78, 5) is 16.2. The molecule has 0 aliphatic rings. The minimum Gasteiger partial charge on any atom is -0.496 e. The summed E-state index contributed by atoms with van der Waals surface area (Å²) >= 11 is 0. The lowest BCUT2D eigenvalue weighted by atomic mass is 10.2. The van der Waals surface area contributed by atoms with Crippen LogP contribution in [0.4, 0.5) is 10.6 Å². The Morgan fingerprint density at radius 3 is 2.66 bits per heavy atom. The summed E-state index contributed by atoms with van der Waals surface area (Å²) in [5.74, 6) is 2.28. The third-order valence-electron chi connectivity index (χ3n) is 4.51. The van der Waals surface area contributed by atoms with Crippen LogP contribution in [0.2, 0.25) is 0 Å². The van der Waals surface area contributed by atoms with Crippen molar-refractivity contribution >= 4 is 28.6 Å². The van der Waals surface area contributed by atoms with E-state index in [2.05, 4.69) is 20.8 Å². The topological polar surface area (TPSA) is 103 Å². The molecule has 3 rings (SSSR count). The third-order valence-corrected chi connectivity index (χ3v) is 4.51. The number of alkyl carbamates (subject to hydrolysis) is 1. The zero-order chi connectivity index (χ0) is 21.0. The van der Waals surface area contributed by atoms with Gasteiger partial charge < -0.3 is 20.1 Å². The zero-order valence-electron chi connectivity index (χ0n) is 17.6. The van der Waals surface area contributed by atoms with Gasteiger partial charge in [-0.2, -0.15) is 0 Å². The predicted molar refractivity (Wildman–Crippen MR) is 112 cm³/mol. The molecule has 0 unspecified atom stereocenters. The van der Waals surface area contributed by atoms with E-state index in [1.165, 1.54) is 0 Å². The number of amides is 1. The number of hydrogen-bond donors (Lipinski definition) is 2. The number of aromatic nitrogens is 4. The Labute approximate surface area is 169 Å². The number of methoxy groups -OCH3 is 1. The average Bonchev–Trinajstić information content (AvgIpc) is 3.05. The monoisotopic (exact) mass is 400 g/mol. The van der Waals surface area contributed by atoms with Crippen molar-refractivity contribution in [2.75, 3.05) is 25.5 Å². The molecule has 0 atom stereocenters. The van der Waals surface area contributed by atoms with E-state index < -0.39 is 0 Å². The molecule has 0 bridgehead atoms. The Morgan fingerprint density at radius 1 is 1.17 bits per heavy atom. The van der Waals surface area contributed by atoms with Crippen LogP contribution in [0.1, 0.15) is 38.1 Å². The number of nitrogens with zero attached hydrogens (tertiary/aromatic N) is 4. The fraction of sp³-hybridized carbons (Fsp3) is 0.500. The molecule has 0 saturated heterocycles. The van der Waals surface area contributed by atoms with Crippen molar-refractivity contribution in [3.8, 4) is 5.75 Å². The van der Waals surface area contributed by atoms with Crippen LogP contribution < -0.4 is 15.4 Å². The highest BCUT2D eigenvalue weighted by atomic mass is 16.6. The highest BCUT2D eigenvalue weighted by Gasteiger charge is 2.14. The van der Waals surface area contributed by atoms with Gasteiger partial charge in [-0.1, -0.05) is 0 Å². The summed E-state index contributed by atoms with van der Waals surface area (Å²) in [6, 6.07) is 3.97.